The summed E-state index contributed by atoms with van der Waals surface area (Å²) in [7, 11) is 2.20. The summed E-state index contributed by atoms with van der Waals surface area (Å²) in [6, 6.07) is 0. The molecule has 0 saturated carbocycles. The van der Waals surface area contributed by atoms with Gasteiger partial charge in [-0.1, -0.05) is 0 Å². The topological polar surface area (TPSA) is 34.7 Å². The van der Waals surface area contributed by atoms with Gasteiger partial charge in [-0.25, -0.2) is 0 Å². The molecule has 2 N–H and O–H groups in total. The van der Waals surface area contributed by atoms with Crippen molar-refractivity contribution in [3.63, 3.8) is 0 Å². The predicted molar refractivity (Wildman–Crippen MR) is 47.6 cm³/mol. The summed E-state index contributed by atoms with van der Waals surface area (Å²) in [6.07, 6.45) is 4.99. The van der Waals surface area contributed by atoms with Crippen LogP contribution in [0.25, 0.3) is 0 Å². The van der Waals surface area contributed by atoms with Gasteiger partial charge < -0.3 is 10.4 Å². The first-order valence-electron chi connectivity index (χ1n) is 3.54. The van der Waals surface area contributed by atoms with E-state index in [0.717, 1.165) is 5.25 Å². The van der Waals surface area contributed by atoms with Crippen molar-refractivity contribution < 1.29 is 5.48 Å². The Kier molecular flexibility index (Phi) is 5.13. The minimum atomic E-state index is 0. The third kappa shape index (κ3) is 2.90. The van der Waals surface area contributed by atoms with Crippen LogP contribution in [0.5, 0.6) is 0 Å². The summed E-state index contributed by atoms with van der Waals surface area (Å²) >= 11 is 2.02. The molecule has 0 aromatic rings. The number of rotatable bonds is 1. The van der Waals surface area contributed by atoms with E-state index >= 15 is 0 Å². The lowest BCUT2D eigenvalue weighted by Gasteiger charge is -2.27. The molecule has 1 aliphatic heterocycles. The van der Waals surface area contributed by atoms with E-state index in [1.807, 2.05) is 11.8 Å². The summed E-state index contributed by atoms with van der Waals surface area (Å²) in [6.45, 7) is 2.59. The van der Waals surface area contributed by atoms with Crippen molar-refractivity contribution in [3.05, 3.63) is 0 Å². The predicted octanol–water partition coefficient (Wildman–Crippen LogP) is 0.619. The normalized spacial score (nSPS) is 22.2. The van der Waals surface area contributed by atoms with E-state index in [4.69, 9.17) is 0 Å². The maximum Gasteiger partial charge on any atom is 0.00685 e. The lowest BCUT2D eigenvalue weighted by atomic mass is 10.1. The first-order chi connectivity index (χ1) is 4.33. The standard InChI is InChI=1S/C7H15NS.H2O/c1-8-5-3-7(9-2)4-6-8;/h7H,3-6H2,1-2H3;1H2. The smallest absolute Gasteiger partial charge is 0.00685 e. The number of nitrogens with zero attached hydrogens (tertiary/aromatic N) is 1. The Morgan fingerprint density at radius 1 is 1.30 bits per heavy atom. The fraction of sp³-hybridized carbons (Fsp3) is 1.00. The second-order valence-corrected chi connectivity index (χ2v) is 3.88. The summed E-state index contributed by atoms with van der Waals surface area (Å²) < 4.78 is 0. The third-order valence-corrected chi connectivity index (χ3v) is 3.14. The maximum atomic E-state index is 2.41. The van der Waals surface area contributed by atoms with Crippen molar-refractivity contribution in [2.75, 3.05) is 26.4 Å². The van der Waals surface area contributed by atoms with E-state index in [0.29, 0.717) is 0 Å². The van der Waals surface area contributed by atoms with Gasteiger partial charge >= 0.3 is 0 Å². The zero-order chi connectivity index (χ0) is 6.69. The van der Waals surface area contributed by atoms with Crippen LogP contribution in [0.1, 0.15) is 12.8 Å². The quantitative estimate of drug-likeness (QED) is 0.568. The SMILES string of the molecule is CSC1CCN(C)CC1.O. The molecule has 0 atom stereocenters. The second kappa shape index (κ2) is 4.99. The molecule has 0 radical (unpaired) electrons. The summed E-state index contributed by atoms with van der Waals surface area (Å²) in [5, 5.41) is 0.946. The minimum Gasteiger partial charge on any atom is -0.412 e. The fourth-order valence-corrected chi connectivity index (χ4v) is 1.90. The highest BCUT2D eigenvalue weighted by Crippen LogP contribution is 2.19. The van der Waals surface area contributed by atoms with Gasteiger partial charge in [-0.05, 0) is 39.2 Å². The average Bonchev–Trinajstić information content (AvgIpc) is 1.90. The van der Waals surface area contributed by atoms with E-state index in [1.165, 1.54) is 25.9 Å². The van der Waals surface area contributed by atoms with Crippen molar-refractivity contribution in [3.8, 4) is 0 Å². The molecule has 0 aromatic carbocycles. The molecule has 0 bridgehead atoms. The molecule has 0 amide bonds. The second-order valence-electron chi connectivity index (χ2n) is 2.74. The fourth-order valence-electron chi connectivity index (χ4n) is 1.22. The number of piperidine rings is 1. The van der Waals surface area contributed by atoms with Crippen molar-refractivity contribution in [1.82, 2.24) is 4.90 Å². The molecule has 0 spiro atoms. The Morgan fingerprint density at radius 3 is 2.20 bits per heavy atom. The molecule has 3 heteroatoms. The third-order valence-electron chi connectivity index (χ3n) is 2.00. The summed E-state index contributed by atoms with van der Waals surface area (Å²) in [4.78, 5) is 2.41. The molecule has 2 nitrogen and oxygen atoms in total. The van der Waals surface area contributed by atoms with Gasteiger partial charge in [0.2, 0.25) is 0 Å². The van der Waals surface area contributed by atoms with E-state index < -0.39 is 0 Å². The van der Waals surface area contributed by atoms with Gasteiger partial charge in [0, 0.05) is 5.25 Å². The van der Waals surface area contributed by atoms with Crippen LogP contribution in [-0.2, 0) is 0 Å². The molecule has 0 aliphatic carbocycles. The van der Waals surface area contributed by atoms with Crippen LogP contribution in [0, 0.1) is 0 Å². The molecule has 0 unspecified atom stereocenters. The lowest BCUT2D eigenvalue weighted by Crippen LogP contribution is -2.31. The van der Waals surface area contributed by atoms with Crippen LogP contribution in [0.15, 0.2) is 0 Å². The van der Waals surface area contributed by atoms with Crippen LogP contribution in [0.4, 0.5) is 0 Å². The molecule has 1 aliphatic rings. The Bertz CT molecular complexity index is 81.7. The first-order valence-corrected chi connectivity index (χ1v) is 4.83. The van der Waals surface area contributed by atoms with Crippen molar-refractivity contribution >= 4 is 11.8 Å². The van der Waals surface area contributed by atoms with E-state index in [2.05, 4.69) is 18.2 Å². The van der Waals surface area contributed by atoms with Crippen LogP contribution in [-0.4, -0.2) is 42.0 Å². The molecule has 0 aromatic heterocycles. The van der Waals surface area contributed by atoms with Gasteiger partial charge in [-0.15, -0.1) is 0 Å². The zero-order valence-electron chi connectivity index (χ0n) is 6.76. The molecule has 1 rings (SSSR count). The zero-order valence-corrected chi connectivity index (χ0v) is 7.58. The van der Waals surface area contributed by atoms with Gasteiger partial charge in [-0.2, -0.15) is 11.8 Å². The summed E-state index contributed by atoms with van der Waals surface area (Å²) in [5.41, 5.74) is 0. The largest absolute Gasteiger partial charge is 0.412 e. The monoisotopic (exact) mass is 163 g/mol. The van der Waals surface area contributed by atoms with E-state index in [1.54, 1.807) is 0 Å². The van der Waals surface area contributed by atoms with Crippen LogP contribution in [0.2, 0.25) is 0 Å². The highest BCUT2D eigenvalue weighted by atomic mass is 32.2. The summed E-state index contributed by atoms with van der Waals surface area (Å²) in [5.74, 6) is 0. The highest BCUT2D eigenvalue weighted by molar-refractivity contribution is 7.99. The van der Waals surface area contributed by atoms with Crippen molar-refractivity contribution in [2.45, 2.75) is 18.1 Å². The maximum absolute atomic E-state index is 2.41. The van der Waals surface area contributed by atoms with Gasteiger partial charge in [0.1, 0.15) is 0 Å². The Morgan fingerprint density at radius 2 is 1.80 bits per heavy atom. The first kappa shape index (κ1) is 10.3. The van der Waals surface area contributed by atoms with Crippen molar-refractivity contribution in [2.24, 2.45) is 0 Å². The molecular formula is C7H17NOS. The highest BCUT2D eigenvalue weighted by Gasteiger charge is 2.14. The van der Waals surface area contributed by atoms with Crippen LogP contribution < -0.4 is 0 Å². The number of likely N-dealkylation sites (tertiary alicyclic amines) is 1. The Hall–Kier alpha value is 0.270. The van der Waals surface area contributed by atoms with Gasteiger partial charge in [0.15, 0.2) is 0 Å². The number of hydrogen-bond acceptors (Lipinski definition) is 2. The van der Waals surface area contributed by atoms with Crippen LogP contribution >= 0.6 is 11.8 Å². The molecular weight excluding hydrogens is 146 g/mol. The van der Waals surface area contributed by atoms with E-state index in [-0.39, 0.29) is 5.48 Å². The molecule has 1 fully saturated rings. The number of hydrogen-bond donors (Lipinski definition) is 0. The van der Waals surface area contributed by atoms with Gasteiger partial charge in [-0.3, -0.25) is 0 Å². The van der Waals surface area contributed by atoms with Gasteiger partial charge in [0.25, 0.3) is 0 Å². The van der Waals surface area contributed by atoms with E-state index in [9.17, 15) is 0 Å². The average molecular weight is 163 g/mol. The van der Waals surface area contributed by atoms with Crippen LogP contribution in [0.3, 0.4) is 0 Å². The Labute approximate surface area is 67.3 Å². The molecule has 10 heavy (non-hydrogen) atoms. The van der Waals surface area contributed by atoms with Crippen molar-refractivity contribution in [1.29, 1.82) is 0 Å². The lowest BCUT2D eigenvalue weighted by molar-refractivity contribution is 0.282. The number of thioether (sulfide) groups is 1. The molecule has 1 saturated heterocycles. The molecule has 1 heterocycles. The Balaban J connectivity index is 0.000000810. The molecule has 62 valence electrons. The minimum absolute atomic E-state index is 0. The van der Waals surface area contributed by atoms with Gasteiger partial charge in [0.05, 0.1) is 0 Å².